The number of nitrogens with one attached hydrogen (secondary N) is 1. The molecule has 1 unspecified atom stereocenters. The summed E-state index contributed by atoms with van der Waals surface area (Å²) in [5.74, 6) is 0. The number of ether oxygens (including phenoxy) is 1. The minimum Gasteiger partial charge on any atom is -0.372 e. The van der Waals surface area contributed by atoms with Gasteiger partial charge in [0.15, 0.2) is 0 Å². The molecule has 0 bridgehead atoms. The van der Waals surface area contributed by atoms with Crippen molar-refractivity contribution in [3.63, 3.8) is 0 Å². The van der Waals surface area contributed by atoms with Crippen LogP contribution in [0.4, 0.5) is 0 Å². The van der Waals surface area contributed by atoms with E-state index in [1.54, 1.807) is 0 Å². The quantitative estimate of drug-likeness (QED) is 0.321. The lowest BCUT2D eigenvalue weighted by atomic mass is 9.83. The second-order valence-corrected chi connectivity index (χ2v) is 6.99. The molecule has 1 N–H and O–H groups in total. The molecule has 21 heavy (non-hydrogen) atoms. The molecule has 1 atom stereocenters. The fourth-order valence-electron chi connectivity index (χ4n) is 3.53. The molecule has 1 rings (SSSR count). The third-order valence-corrected chi connectivity index (χ3v) is 4.82. The number of unbranched alkanes of at least 4 members (excludes halogenated alkanes) is 6. The van der Waals surface area contributed by atoms with Gasteiger partial charge in [-0.15, -0.1) is 0 Å². The number of epoxide rings is 1. The van der Waals surface area contributed by atoms with Gasteiger partial charge in [0.1, 0.15) is 0 Å². The molecule has 1 saturated heterocycles. The van der Waals surface area contributed by atoms with E-state index in [4.69, 9.17) is 4.74 Å². The molecule has 2 nitrogen and oxygen atoms in total. The first kappa shape index (κ1) is 19.0. The minimum atomic E-state index is 0.388. The first-order chi connectivity index (χ1) is 10.3. The Labute approximate surface area is 133 Å². The summed E-state index contributed by atoms with van der Waals surface area (Å²) in [6.07, 6.45) is 17.0. The molecule has 1 fully saturated rings. The van der Waals surface area contributed by atoms with Crippen molar-refractivity contribution in [1.82, 2.24) is 5.32 Å². The monoisotopic (exact) mass is 297 g/mol. The van der Waals surface area contributed by atoms with Crippen LogP contribution in [0.3, 0.4) is 0 Å². The molecule has 0 saturated carbocycles. The molecule has 1 heterocycles. The van der Waals surface area contributed by atoms with Crippen LogP contribution in [-0.4, -0.2) is 24.8 Å². The Kier molecular flexibility index (Phi) is 10.4. The lowest BCUT2D eigenvalue weighted by molar-refractivity contribution is 0.237. The van der Waals surface area contributed by atoms with E-state index in [9.17, 15) is 0 Å². The molecule has 0 spiro atoms. The molecular weight excluding hydrogens is 258 g/mol. The van der Waals surface area contributed by atoms with Crippen molar-refractivity contribution < 1.29 is 4.74 Å². The van der Waals surface area contributed by atoms with Gasteiger partial charge in [0.25, 0.3) is 0 Å². The topological polar surface area (TPSA) is 24.6 Å². The van der Waals surface area contributed by atoms with Crippen LogP contribution >= 0.6 is 0 Å². The third-order valence-electron chi connectivity index (χ3n) is 4.82. The Morgan fingerprint density at radius 2 is 1.38 bits per heavy atom. The van der Waals surface area contributed by atoms with Crippen LogP contribution in [-0.2, 0) is 4.74 Å². The van der Waals surface area contributed by atoms with Crippen LogP contribution < -0.4 is 5.32 Å². The second-order valence-electron chi connectivity index (χ2n) is 6.99. The fourth-order valence-corrected chi connectivity index (χ4v) is 3.53. The highest BCUT2D eigenvalue weighted by Gasteiger charge is 2.31. The van der Waals surface area contributed by atoms with Crippen molar-refractivity contribution in [1.29, 1.82) is 0 Å². The summed E-state index contributed by atoms with van der Waals surface area (Å²) in [5.41, 5.74) is 0.388. The normalized spacial score (nSPS) is 18.1. The minimum absolute atomic E-state index is 0.388. The van der Waals surface area contributed by atoms with Crippen LogP contribution in [0.5, 0.6) is 0 Å². The van der Waals surface area contributed by atoms with Crippen molar-refractivity contribution in [2.45, 2.75) is 109 Å². The maximum absolute atomic E-state index is 5.38. The Hall–Kier alpha value is -0.0800. The van der Waals surface area contributed by atoms with Crippen molar-refractivity contribution in [3.8, 4) is 0 Å². The van der Waals surface area contributed by atoms with E-state index < -0.39 is 0 Å². The molecule has 2 heteroatoms. The van der Waals surface area contributed by atoms with Crippen molar-refractivity contribution >= 4 is 0 Å². The van der Waals surface area contributed by atoms with Gasteiger partial charge in [-0.05, 0) is 19.3 Å². The number of hydrogen-bond acceptors (Lipinski definition) is 2. The van der Waals surface area contributed by atoms with E-state index >= 15 is 0 Å². The number of hydrogen-bond donors (Lipinski definition) is 1. The predicted molar refractivity (Wildman–Crippen MR) is 92.9 cm³/mol. The average Bonchev–Trinajstić information content (AvgIpc) is 3.29. The Bertz CT molecular complexity index is 232. The van der Waals surface area contributed by atoms with E-state index in [0.29, 0.717) is 11.6 Å². The summed E-state index contributed by atoms with van der Waals surface area (Å²) < 4.78 is 5.38. The van der Waals surface area contributed by atoms with Crippen LogP contribution in [0.25, 0.3) is 0 Å². The molecule has 0 amide bonds. The highest BCUT2D eigenvalue weighted by atomic mass is 16.6. The fraction of sp³-hybridized carbons (Fsp3) is 1.00. The lowest BCUT2D eigenvalue weighted by Crippen LogP contribution is -2.46. The highest BCUT2D eigenvalue weighted by Crippen LogP contribution is 2.27. The van der Waals surface area contributed by atoms with Gasteiger partial charge < -0.3 is 10.1 Å². The molecule has 0 radical (unpaired) electrons. The Morgan fingerprint density at radius 3 is 1.90 bits per heavy atom. The summed E-state index contributed by atoms with van der Waals surface area (Å²) in [5, 5.41) is 3.88. The van der Waals surface area contributed by atoms with Crippen LogP contribution in [0.2, 0.25) is 0 Å². The molecule has 1 aliphatic heterocycles. The molecule has 0 aliphatic carbocycles. The zero-order valence-corrected chi connectivity index (χ0v) is 14.9. The van der Waals surface area contributed by atoms with Crippen LogP contribution in [0, 0.1) is 0 Å². The second kappa shape index (κ2) is 11.5. The summed E-state index contributed by atoms with van der Waals surface area (Å²) in [6, 6.07) is 0. The predicted octanol–water partition coefficient (Wildman–Crippen LogP) is 5.45. The Morgan fingerprint density at radius 1 is 0.810 bits per heavy atom. The van der Waals surface area contributed by atoms with Crippen LogP contribution in [0.15, 0.2) is 0 Å². The molecule has 0 aromatic rings. The third kappa shape index (κ3) is 8.83. The van der Waals surface area contributed by atoms with E-state index in [1.165, 1.54) is 77.0 Å². The lowest BCUT2D eigenvalue weighted by Gasteiger charge is -2.35. The highest BCUT2D eigenvalue weighted by molar-refractivity contribution is 4.89. The summed E-state index contributed by atoms with van der Waals surface area (Å²) in [4.78, 5) is 0. The zero-order chi connectivity index (χ0) is 15.4. The average molecular weight is 298 g/mol. The number of rotatable bonds is 15. The van der Waals surface area contributed by atoms with Gasteiger partial charge in [-0.1, -0.05) is 78.6 Å². The van der Waals surface area contributed by atoms with Gasteiger partial charge >= 0.3 is 0 Å². The standard InChI is InChI=1S/C19H39NO/c1-4-7-8-9-10-11-12-15-19(13-5-2,14-6-3)20-16-18-17-21-18/h18,20H,4-17H2,1-3H3. The Balaban J connectivity index is 2.24. The first-order valence-corrected chi connectivity index (χ1v) is 9.63. The van der Waals surface area contributed by atoms with Gasteiger partial charge in [-0.25, -0.2) is 0 Å². The van der Waals surface area contributed by atoms with Gasteiger partial charge in [0.2, 0.25) is 0 Å². The van der Waals surface area contributed by atoms with Crippen LogP contribution in [0.1, 0.15) is 97.8 Å². The van der Waals surface area contributed by atoms with E-state index in [-0.39, 0.29) is 0 Å². The van der Waals surface area contributed by atoms with Gasteiger partial charge in [0.05, 0.1) is 12.7 Å². The molecule has 126 valence electrons. The summed E-state index contributed by atoms with van der Waals surface area (Å²) in [6.45, 7) is 8.98. The molecule has 0 aromatic carbocycles. The maximum Gasteiger partial charge on any atom is 0.0934 e. The summed E-state index contributed by atoms with van der Waals surface area (Å²) in [7, 11) is 0. The van der Waals surface area contributed by atoms with Crippen molar-refractivity contribution in [2.24, 2.45) is 0 Å². The smallest absolute Gasteiger partial charge is 0.0934 e. The summed E-state index contributed by atoms with van der Waals surface area (Å²) >= 11 is 0. The SMILES string of the molecule is CCCCCCCCCC(CCC)(CCC)NCC1CO1. The molecular formula is C19H39NO. The van der Waals surface area contributed by atoms with Gasteiger partial charge in [0, 0.05) is 12.1 Å². The molecule has 1 aliphatic rings. The van der Waals surface area contributed by atoms with Gasteiger partial charge in [-0.2, -0.15) is 0 Å². The first-order valence-electron chi connectivity index (χ1n) is 9.63. The van der Waals surface area contributed by atoms with E-state index in [0.717, 1.165) is 13.2 Å². The largest absolute Gasteiger partial charge is 0.372 e. The van der Waals surface area contributed by atoms with E-state index in [2.05, 4.69) is 26.1 Å². The molecule has 0 aromatic heterocycles. The van der Waals surface area contributed by atoms with Gasteiger partial charge in [-0.3, -0.25) is 0 Å². The maximum atomic E-state index is 5.38. The van der Waals surface area contributed by atoms with E-state index in [1.807, 2.05) is 0 Å². The van der Waals surface area contributed by atoms with Crippen molar-refractivity contribution in [3.05, 3.63) is 0 Å². The van der Waals surface area contributed by atoms with Crippen molar-refractivity contribution in [2.75, 3.05) is 13.2 Å². The zero-order valence-electron chi connectivity index (χ0n) is 14.9.